The van der Waals surface area contributed by atoms with Crippen LogP contribution in [0.4, 0.5) is 5.69 Å². The van der Waals surface area contributed by atoms with Crippen molar-refractivity contribution >= 4 is 23.4 Å². The quantitative estimate of drug-likeness (QED) is 0.426. The zero-order chi connectivity index (χ0) is 21.6. The van der Waals surface area contributed by atoms with E-state index in [1.807, 2.05) is 31.3 Å². The first kappa shape index (κ1) is 21.3. The number of esters is 1. The summed E-state index contributed by atoms with van der Waals surface area (Å²) in [5, 5.41) is 0.886. The van der Waals surface area contributed by atoms with Gasteiger partial charge in [0.15, 0.2) is 0 Å². The second kappa shape index (κ2) is 9.94. The minimum atomic E-state index is -0.344. The van der Waals surface area contributed by atoms with Crippen LogP contribution in [0, 0.1) is 6.92 Å². The number of anilines is 1. The van der Waals surface area contributed by atoms with E-state index < -0.39 is 0 Å². The molecule has 0 amide bonds. The van der Waals surface area contributed by atoms with Gasteiger partial charge in [0, 0.05) is 36.3 Å². The average Bonchev–Trinajstić information content (AvgIpc) is 2.82. The lowest BCUT2D eigenvalue weighted by Gasteiger charge is -2.28. The lowest BCUT2D eigenvalue weighted by Crippen LogP contribution is -2.36. The second-order valence-corrected chi connectivity index (χ2v) is 8.40. The Hall–Kier alpha value is -2.90. The SMILES string of the molecule is COC(=O)c1cccc(Sc2nc(Cc3ccc(N4CCOCC4)cc3)ncc2C)c1. The molecule has 2 heterocycles. The molecule has 6 nitrogen and oxygen atoms in total. The van der Waals surface area contributed by atoms with Gasteiger partial charge in [-0.05, 0) is 48.4 Å². The molecule has 4 rings (SSSR count). The standard InChI is InChI=1S/C24H25N3O3S/c1-17-16-25-22(14-18-6-8-20(9-7-18)27-10-12-30-13-11-27)26-23(17)31-21-5-3-4-19(15-21)24(28)29-2/h3-9,15-16H,10-14H2,1-2H3. The van der Waals surface area contributed by atoms with Gasteiger partial charge in [-0.2, -0.15) is 0 Å². The zero-order valence-electron chi connectivity index (χ0n) is 17.7. The van der Waals surface area contributed by atoms with E-state index in [4.69, 9.17) is 14.5 Å². The van der Waals surface area contributed by atoms with E-state index in [0.717, 1.165) is 47.6 Å². The van der Waals surface area contributed by atoms with E-state index in [-0.39, 0.29) is 5.97 Å². The number of hydrogen-bond donors (Lipinski definition) is 0. The molecule has 160 valence electrons. The second-order valence-electron chi connectivity index (χ2n) is 7.34. The van der Waals surface area contributed by atoms with Crippen LogP contribution >= 0.6 is 11.8 Å². The first-order chi connectivity index (χ1) is 15.1. The predicted octanol–water partition coefficient (Wildman–Crippen LogP) is 4.15. The Morgan fingerprint density at radius 1 is 1.16 bits per heavy atom. The van der Waals surface area contributed by atoms with Crippen LogP contribution in [0.15, 0.2) is 64.6 Å². The number of rotatable bonds is 6. The Kier molecular flexibility index (Phi) is 6.84. The molecule has 31 heavy (non-hydrogen) atoms. The van der Waals surface area contributed by atoms with E-state index in [1.165, 1.54) is 30.1 Å². The number of ether oxygens (including phenoxy) is 2. The van der Waals surface area contributed by atoms with Gasteiger partial charge < -0.3 is 14.4 Å². The number of aryl methyl sites for hydroxylation is 1. The lowest BCUT2D eigenvalue weighted by atomic mass is 10.1. The van der Waals surface area contributed by atoms with Gasteiger partial charge >= 0.3 is 5.97 Å². The lowest BCUT2D eigenvalue weighted by molar-refractivity contribution is 0.0600. The fourth-order valence-electron chi connectivity index (χ4n) is 3.39. The number of benzene rings is 2. The maximum atomic E-state index is 11.8. The summed E-state index contributed by atoms with van der Waals surface area (Å²) >= 11 is 1.52. The topological polar surface area (TPSA) is 64.5 Å². The Labute approximate surface area is 186 Å². The summed E-state index contributed by atoms with van der Waals surface area (Å²) in [6.07, 6.45) is 2.52. The Morgan fingerprint density at radius 2 is 1.94 bits per heavy atom. The highest BCUT2D eigenvalue weighted by molar-refractivity contribution is 7.99. The van der Waals surface area contributed by atoms with Crippen LogP contribution < -0.4 is 4.90 Å². The molecule has 0 aliphatic carbocycles. The first-order valence-electron chi connectivity index (χ1n) is 10.2. The maximum Gasteiger partial charge on any atom is 0.337 e. The molecule has 1 fully saturated rings. The van der Waals surface area contributed by atoms with E-state index in [9.17, 15) is 4.79 Å². The average molecular weight is 436 g/mol. The smallest absolute Gasteiger partial charge is 0.337 e. The highest BCUT2D eigenvalue weighted by Gasteiger charge is 2.12. The summed E-state index contributed by atoms with van der Waals surface area (Å²) in [4.78, 5) is 24.4. The van der Waals surface area contributed by atoms with Crippen LogP contribution in [0.5, 0.6) is 0 Å². The molecule has 0 bridgehead atoms. The van der Waals surface area contributed by atoms with Crippen LogP contribution in [0.1, 0.15) is 27.3 Å². The maximum absolute atomic E-state index is 11.8. The molecule has 1 aliphatic rings. The van der Waals surface area contributed by atoms with Crippen LogP contribution in [0.25, 0.3) is 0 Å². The van der Waals surface area contributed by atoms with Crippen LogP contribution in [-0.4, -0.2) is 49.4 Å². The molecule has 0 saturated carbocycles. The van der Waals surface area contributed by atoms with Crippen molar-refractivity contribution in [3.8, 4) is 0 Å². The van der Waals surface area contributed by atoms with Crippen LogP contribution in [-0.2, 0) is 15.9 Å². The minimum absolute atomic E-state index is 0.344. The van der Waals surface area contributed by atoms with Crippen molar-refractivity contribution in [3.63, 3.8) is 0 Å². The number of methoxy groups -OCH3 is 1. The van der Waals surface area contributed by atoms with Gasteiger partial charge in [0.2, 0.25) is 0 Å². The number of hydrogen-bond acceptors (Lipinski definition) is 7. The van der Waals surface area contributed by atoms with E-state index in [0.29, 0.717) is 12.0 Å². The molecule has 0 unspecified atom stereocenters. The van der Waals surface area contributed by atoms with Gasteiger partial charge in [-0.1, -0.05) is 30.0 Å². The molecule has 0 radical (unpaired) electrons. The third-order valence-corrected chi connectivity index (χ3v) is 6.22. The number of carbonyl (C=O) groups excluding carboxylic acids is 1. The molecule has 3 aromatic rings. The van der Waals surface area contributed by atoms with Crippen LogP contribution in [0.3, 0.4) is 0 Å². The van der Waals surface area contributed by atoms with Gasteiger partial charge in [0.1, 0.15) is 10.9 Å². The van der Waals surface area contributed by atoms with Gasteiger partial charge in [-0.3, -0.25) is 0 Å². The highest BCUT2D eigenvalue weighted by Crippen LogP contribution is 2.29. The number of carbonyl (C=O) groups is 1. The van der Waals surface area contributed by atoms with Gasteiger partial charge in [0.05, 0.1) is 25.9 Å². The van der Waals surface area contributed by atoms with Gasteiger partial charge in [-0.25, -0.2) is 14.8 Å². The molecular formula is C24H25N3O3S. The van der Waals surface area contributed by atoms with E-state index >= 15 is 0 Å². The van der Waals surface area contributed by atoms with E-state index in [1.54, 1.807) is 6.07 Å². The molecule has 0 spiro atoms. The van der Waals surface area contributed by atoms with Crippen molar-refractivity contribution in [1.29, 1.82) is 0 Å². The molecule has 1 aliphatic heterocycles. The first-order valence-corrected chi connectivity index (χ1v) is 11.0. The highest BCUT2D eigenvalue weighted by atomic mass is 32.2. The molecule has 0 N–H and O–H groups in total. The van der Waals surface area contributed by atoms with Crippen molar-refractivity contribution in [2.75, 3.05) is 38.3 Å². The Bertz CT molecular complexity index is 1050. The van der Waals surface area contributed by atoms with Crippen molar-refractivity contribution in [2.24, 2.45) is 0 Å². The van der Waals surface area contributed by atoms with E-state index in [2.05, 4.69) is 34.1 Å². The Balaban J connectivity index is 1.47. The minimum Gasteiger partial charge on any atom is -0.465 e. The van der Waals surface area contributed by atoms with Gasteiger partial charge in [0.25, 0.3) is 0 Å². The van der Waals surface area contributed by atoms with Crippen molar-refractivity contribution in [2.45, 2.75) is 23.3 Å². The monoisotopic (exact) mass is 435 g/mol. The van der Waals surface area contributed by atoms with Crippen molar-refractivity contribution in [1.82, 2.24) is 9.97 Å². The van der Waals surface area contributed by atoms with Gasteiger partial charge in [-0.15, -0.1) is 0 Å². The Morgan fingerprint density at radius 3 is 2.68 bits per heavy atom. The number of morpholine rings is 1. The third-order valence-electron chi connectivity index (χ3n) is 5.12. The molecule has 1 saturated heterocycles. The summed E-state index contributed by atoms with van der Waals surface area (Å²) in [6.45, 7) is 5.41. The molecule has 7 heteroatoms. The summed E-state index contributed by atoms with van der Waals surface area (Å²) in [5.74, 6) is 0.430. The normalized spacial score (nSPS) is 13.8. The van der Waals surface area contributed by atoms with Crippen LogP contribution in [0.2, 0.25) is 0 Å². The fraction of sp³-hybridized carbons (Fsp3) is 0.292. The number of nitrogens with zero attached hydrogens (tertiary/aromatic N) is 3. The largest absolute Gasteiger partial charge is 0.465 e. The summed E-state index contributed by atoms with van der Waals surface area (Å²) < 4.78 is 10.2. The molecule has 2 aromatic carbocycles. The third kappa shape index (κ3) is 5.42. The number of aromatic nitrogens is 2. The summed E-state index contributed by atoms with van der Waals surface area (Å²) in [6, 6.07) is 16.0. The molecule has 0 atom stereocenters. The zero-order valence-corrected chi connectivity index (χ0v) is 18.5. The summed E-state index contributed by atoms with van der Waals surface area (Å²) in [5.41, 5.74) is 3.92. The van der Waals surface area contributed by atoms with Crippen molar-refractivity contribution < 1.29 is 14.3 Å². The fourth-order valence-corrected chi connectivity index (χ4v) is 4.31. The molecule has 1 aromatic heterocycles. The van der Waals surface area contributed by atoms with Crippen molar-refractivity contribution in [3.05, 3.63) is 77.2 Å². The predicted molar refractivity (Wildman–Crippen MR) is 121 cm³/mol. The molecular weight excluding hydrogens is 410 g/mol. The summed E-state index contributed by atoms with van der Waals surface area (Å²) in [7, 11) is 1.39.